The molecule has 0 aromatic carbocycles. The molecule has 158 valence electrons. The summed E-state index contributed by atoms with van der Waals surface area (Å²) in [5.41, 5.74) is 4.78. The quantitative estimate of drug-likeness (QED) is 0.398. The molecule has 0 aliphatic rings. The first kappa shape index (κ1) is 28.4. The van der Waals surface area contributed by atoms with E-state index in [4.69, 9.17) is 9.53 Å². The third-order valence-corrected chi connectivity index (χ3v) is 6.20. The van der Waals surface area contributed by atoms with Gasteiger partial charge in [0.05, 0.1) is 12.0 Å². The molecule has 0 unspecified atom stereocenters. The molecule has 0 spiro atoms. The Morgan fingerprint density at radius 2 is 1.25 bits per heavy atom. The van der Waals surface area contributed by atoms with Crippen molar-refractivity contribution in [3.8, 4) is 0 Å². The Balaban J connectivity index is 0. The molecule has 0 fully saturated rings. The van der Waals surface area contributed by atoms with E-state index in [1.807, 2.05) is 19.1 Å². The van der Waals surface area contributed by atoms with E-state index in [-0.39, 0.29) is 19.2 Å². The fraction of sp³-hybridized carbons (Fsp3) is 0.500. The highest BCUT2D eigenvalue weighted by molar-refractivity contribution is 7.12. The Morgan fingerprint density at radius 3 is 1.54 bits per heavy atom. The lowest BCUT2D eigenvalue weighted by Gasteiger charge is -2.06. The minimum absolute atomic E-state index is 0. The summed E-state index contributed by atoms with van der Waals surface area (Å²) < 4.78 is 4.71. The van der Waals surface area contributed by atoms with Crippen LogP contribution in [-0.4, -0.2) is 25.7 Å². The fourth-order valence-corrected chi connectivity index (χ4v) is 5.10. The summed E-state index contributed by atoms with van der Waals surface area (Å²) in [7, 11) is 1.42. The Bertz CT molecular complexity index is 755. The van der Waals surface area contributed by atoms with Crippen LogP contribution >= 0.6 is 22.7 Å². The van der Waals surface area contributed by atoms with Crippen molar-refractivity contribution < 1.29 is 19.1 Å². The van der Waals surface area contributed by atoms with Crippen molar-refractivity contribution in [3.63, 3.8) is 0 Å². The van der Waals surface area contributed by atoms with Crippen LogP contribution in [0, 0.1) is 13.8 Å². The van der Waals surface area contributed by atoms with Gasteiger partial charge in [-0.1, -0.05) is 35.1 Å². The van der Waals surface area contributed by atoms with E-state index in [0.29, 0.717) is 11.8 Å². The minimum Gasteiger partial charge on any atom is -0.465 e. The van der Waals surface area contributed by atoms with E-state index in [2.05, 4.69) is 40.0 Å². The van der Waals surface area contributed by atoms with Gasteiger partial charge in [0.1, 0.15) is 11.7 Å². The van der Waals surface area contributed by atoms with E-state index in [9.17, 15) is 9.59 Å². The largest absolute Gasteiger partial charge is 0.465 e. The molecule has 0 N–H and O–H groups in total. The Morgan fingerprint density at radius 1 is 0.893 bits per heavy atom. The molecule has 2 aromatic rings. The predicted octanol–water partition coefficient (Wildman–Crippen LogP) is 6.80. The highest BCUT2D eigenvalue weighted by Crippen LogP contribution is 2.30. The van der Waals surface area contributed by atoms with Gasteiger partial charge in [-0.25, -0.2) is 4.79 Å². The Kier molecular flexibility index (Phi) is 13.6. The summed E-state index contributed by atoms with van der Waals surface area (Å²) in [4.78, 5) is 32.2. The molecule has 0 radical (unpaired) electrons. The fourth-order valence-electron chi connectivity index (χ4n) is 2.87. The summed E-state index contributed by atoms with van der Waals surface area (Å²) in [5.74, 6) is 0.800. The maximum absolute atomic E-state index is 11.3. The maximum Gasteiger partial charge on any atom is 0.348 e. The van der Waals surface area contributed by atoms with Crippen molar-refractivity contribution >= 4 is 41.2 Å². The number of carbonyl (C=O) groups excluding carboxylic acids is 3. The molecule has 0 amide bonds. The van der Waals surface area contributed by atoms with Crippen molar-refractivity contribution in [1.82, 2.24) is 0 Å². The Hall–Kier alpha value is -1.79. The molecule has 2 aromatic heterocycles. The molecule has 4 nitrogen and oxygen atoms in total. The van der Waals surface area contributed by atoms with Gasteiger partial charge in [0, 0.05) is 0 Å². The number of aryl methyl sites for hydroxylation is 2. The second-order valence-corrected chi connectivity index (χ2v) is 8.44. The molecule has 0 saturated heterocycles. The van der Waals surface area contributed by atoms with Crippen molar-refractivity contribution in [2.75, 3.05) is 7.11 Å². The number of carbonyl (C=O) groups is 3. The molecule has 28 heavy (non-hydrogen) atoms. The van der Waals surface area contributed by atoms with Gasteiger partial charge in [0.15, 0.2) is 5.78 Å². The first-order chi connectivity index (χ1) is 12.6. The second kappa shape index (κ2) is 13.4. The van der Waals surface area contributed by atoms with Crippen LogP contribution in [0.15, 0.2) is 10.8 Å². The molecular weight excluding hydrogens is 392 g/mol. The van der Waals surface area contributed by atoms with Gasteiger partial charge in [-0.15, -0.1) is 22.7 Å². The third kappa shape index (κ3) is 7.32. The minimum atomic E-state index is -0.221. The summed E-state index contributed by atoms with van der Waals surface area (Å²) >= 11 is 3.03. The summed E-state index contributed by atoms with van der Waals surface area (Å²) in [6.45, 7) is 16.2. The number of ether oxygens (including phenoxy) is 1. The number of hydrogen-bond acceptors (Lipinski definition) is 6. The maximum atomic E-state index is 11.3. The Labute approximate surface area is 177 Å². The van der Waals surface area contributed by atoms with Gasteiger partial charge in [0.2, 0.25) is 0 Å². The number of ketones is 1. The van der Waals surface area contributed by atoms with Crippen LogP contribution in [0.5, 0.6) is 0 Å². The molecule has 0 bridgehead atoms. The lowest BCUT2D eigenvalue weighted by molar-refractivity contribution is -0.0980. The molecule has 0 aliphatic carbocycles. The zero-order valence-corrected chi connectivity index (χ0v) is 19.1. The lowest BCUT2D eigenvalue weighted by Crippen LogP contribution is -2.03. The van der Waals surface area contributed by atoms with Crippen LogP contribution < -0.4 is 0 Å². The van der Waals surface area contributed by atoms with Crippen molar-refractivity contribution in [2.45, 2.75) is 67.7 Å². The summed E-state index contributed by atoms with van der Waals surface area (Å²) in [6.07, 6.45) is 0. The van der Waals surface area contributed by atoms with E-state index >= 15 is 0 Å². The third-order valence-electron chi connectivity index (χ3n) is 3.89. The van der Waals surface area contributed by atoms with Gasteiger partial charge < -0.3 is 9.53 Å². The smallest absolute Gasteiger partial charge is 0.348 e. The van der Waals surface area contributed by atoms with E-state index in [1.165, 1.54) is 35.1 Å². The molecule has 2 rings (SSSR count). The normalized spacial score (nSPS) is 9.64. The first-order valence-electron chi connectivity index (χ1n) is 8.65. The molecule has 6 heteroatoms. The van der Waals surface area contributed by atoms with Crippen molar-refractivity contribution in [2.24, 2.45) is 0 Å². The first-order valence-corrected chi connectivity index (χ1v) is 10.4. The van der Waals surface area contributed by atoms with Crippen LogP contribution in [0.25, 0.3) is 0 Å². The molecule has 0 atom stereocenters. The summed E-state index contributed by atoms with van der Waals surface area (Å²) in [6, 6.07) is 0. The van der Waals surface area contributed by atoms with Gasteiger partial charge in [-0.3, -0.25) is 4.79 Å². The van der Waals surface area contributed by atoms with Crippen LogP contribution in [-0.2, 0) is 9.53 Å². The van der Waals surface area contributed by atoms with Gasteiger partial charge in [-0.05, 0) is 65.6 Å². The lowest BCUT2D eigenvalue weighted by atomic mass is 9.99. The summed E-state index contributed by atoms with van der Waals surface area (Å²) in [5, 5.41) is 4.06. The monoisotopic (exact) mass is 426 g/mol. The number of Topliss-reactive ketones (excluding diaryl/α,β-unsaturated/α-hetero) is 1. The van der Waals surface area contributed by atoms with E-state index in [1.54, 1.807) is 18.3 Å². The molecule has 0 aliphatic heterocycles. The zero-order chi connectivity index (χ0) is 21.3. The zero-order valence-electron chi connectivity index (χ0n) is 17.5. The SMILES string of the molecule is C.C=O.CC(=O)c1scc(C)c1C(C)C.COC(=O)c1scc(C)c1C(C)C. The van der Waals surface area contributed by atoms with Crippen LogP contribution in [0.2, 0.25) is 0 Å². The highest BCUT2D eigenvalue weighted by atomic mass is 32.1. The van der Waals surface area contributed by atoms with Crippen molar-refractivity contribution in [3.05, 3.63) is 42.8 Å². The standard InChI is InChI=1S/C10H14O2S.C10H14OS.CH2O.CH4/c1-6(2)8-7(3)5-13-9(8)10(11)12-4;1-6(2)9-7(3)5-12-10(9)8(4)11;1-2;/h5-6H,1-4H3;5-6H,1-4H3;1H2;1H4. The highest BCUT2D eigenvalue weighted by Gasteiger charge is 2.18. The average molecular weight is 427 g/mol. The topological polar surface area (TPSA) is 60.4 Å². The van der Waals surface area contributed by atoms with Crippen molar-refractivity contribution in [1.29, 1.82) is 0 Å². The second-order valence-electron chi connectivity index (χ2n) is 6.68. The van der Waals surface area contributed by atoms with E-state index < -0.39 is 0 Å². The number of esters is 1. The van der Waals surface area contributed by atoms with Gasteiger partial charge in [-0.2, -0.15) is 0 Å². The van der Waals surface area contributed by atoms with Crippen LogP contribution in [0.4, 0.5) is 0 Å². The predicted molar refractivity (Wildman–Crippen MR) is 121 cm³/mol. The number of hydrogen-bond donors (Lipinski definition) is 0. The molecule has 0 saturated carbocycles. The molecule has 2 heterocycles. The number of rotatable bonds is 4. The van der Waals surface area contributed by atoms with Gasteiger partial charge in [0.25, 0.3) is 0 Å². The van der Waals surface area contributed by atoms with Crippen LogP contribution in [0.3, 0.4) is 0 Å². The van der Waals surface area contributed by atoms with E-state index in [0.717, 1.165) is 15.3 Å². The number of thiophene rings is 2. The molecular formula is C22H34O4S2. The average Bonchev–Trinajstić information content (AvgIpc) is 3.19. The van der Waals surface area contributed by atoms with Gasteiger partial charge >= 0.3 is 5.97 Å². The van der Waals surface area contributed by atoms with Crippen LogP contribution in [0.1, 0.15) is 95.5 Å². The number of methoxy groups -OCH3 is 1.